The van der Waals surface area contributed by atoms with Gasteiger partial charge in [-0.2, -0.15) is 0 Å². The van der Waals surface area contributed by atoms with Gasteiger partial charge in [-0.3, -0.25) is 0 Å². The highest BCUT2D eigenvalue weighted by molar-refractivity contribution is 5.80. The van der Waals surface area contributed by atoms with Crippen LogP contribution < -0.4 is 15.4 Å². The fourth-order valence-corrected chi connectivity index (χ4v) is 3.35. The zero-order valence-corrected chi connectivity index (χ0v) is 14.6. The first-order valence-electron chi connectivity index (χ1n) is 9.29. The van der Waals surface area contributed by atoms with E-state index in [-0.39, 0.29) is 0 Å². The van der Waals surface area contributed by atoms with Gasteiger partial charge in [0.05, 0.1) is 12.6 Å². The van der Waals surface area contributed by atoms with E-state index in [2.05, 4.69) is 47.9 Å². The molecule has 24 heavy (non-hydrogen) atoms. The molecular formula is C20H29N3O. The van der Waals surface area contributed by atoms with E-state index in [1.54, 1.807) is 0 Å². The smallest absolute Gasteiger partial charge is 0.191 e. The Hall–Kier alpha value is -1.97. The summed E-state index contributed by atoms with van der Waals surface area (Å²) in [4.78, 5) is 4.77. The van der Waals surface area contributed by atoms with Crippen molar-refractivity contribution in [1.82, 2.24) is 10.6 Å². The highest BCUT2D eigenvalue weighted by atomic mass is 16.5. The van der Waals surface area contributed by atoms with E-state index >= 15 is 0 Å². The van der Waals surface area contributed by atoms with Crippen LogP contribution in [0.1, 0.15) is 51.0 Å². The van der Waals surface area contributed by atoms with Crippen LogP contribution in [0.5, 0.6) is 5.75 Å². The van der Waals surface area contributed by atoms with Crippen LogP contribution in [-0.4, -0.2) is 24.7 Å². The highest BCUT2D eigenvalue weighted by Crippen LogP contribution is 2.27. The summed E-state index contributed by atoms with van der Waals surface area (Å²) >= 11 is 0. The second kappa shape index (κ2) is 8.76. The number of para-hydroxylation sites is 1. The molecule has 3 rings (SSSR count). The zero-order chi connectivity index (χ0) is 16.6. The van der Waals surface area contributed by atoms with Crippen LogP contribution in [0.4, 0.5) is 0 Å². The third kappa shape index (κ3) is 4.76. The Morgan fingerprint density at radius 1 is 1.17 bits per heavy atom. The number of aliphatic imine (C=N–C) groups is 1. The Bertz CT molecular complexity index is 568. The van der Waals surface area contributed by atoms with Gasteiger partial charge >= 0.3 is 0 Å². The third-order valence-electron chi connectivity index (χ3n) is 4.67. The first kappa shape index (κ1) is 16.9. The maximum absolute atomic E-state index is 6.21. The number of nitrogens with zero attached hydrogens (tertiary/aromatic N) is 1. The number of guanidine groups is 1. The van der Waals surface area contributed by atoms with E-state index in [4.69, 9.17) is 9.73 Å². The number of nitrogens with one attached hydrogen (secondary N) is 2. The molecule has 0 unspecified atom stereocenters. The van der Waals surface area contributed by atoms with Gasteiger partial charge in [0.15, 0.2) is 5.96 Å². The Morgan fingerprint density at radius 2 is 1.92 bits per heavy atom. The van der Waals surface area contributed by atoms with Gasteiger partial charge < -0.3 is 15.4 Å². The summed E-state index contributed by atoms with van der Waals surface area (Å²) in [5.41, 5.74) is 1.16. The lowest BCUT2D eigenvalue weighted by molar-refractivity contribution is 0.208. The average molecular weight is 327 g/mol. The van der Waals surface area contributed by atoms with E-state index in [0.717, 1.165) is 36.7 Å². The number of rotatable bonds is 6. The van der Waals surface area contributed by atoms with Crippen LogP contribution in [0.25, 0.3) is 0 Å². The van der Waals surface area contributed by atoms with Crippen LogP contribution >= 0.6 is 0 Å². The van der Waals surface area contributed by atoms with E-state index in [1.807, 2.05) is 6.07 Å². The molecule has 1 fully saturated rings. The van der Waals surface area contributed by atoms with E-state index in [9.17, 15) is 0 Å². The zero-order valence-electron chi connectivity index (χ0n) is 14.6. The van der Waals surface area contributed by atoms with Gasteiger partial charge in [-0.1, -0.05) is 30.4 Å². The SMILES string of the molecule is CCNC(=NCc1ccccc1OC1CCCC1)NC1CC=CC1. The molecule has 0 bridgehead atoms. The fraction of sp³-hybridized carbons (Fsp3) is 0.550. The molecule has 0 aromatic heterocycles. The van der Waals surface area contributed by atoms with Crippen molar-refractivity contribution >= 4 is 5.96 Å². The van der Waals surface area contributed by atoms with Crippen molar-refractivity contribution < 1.29 is 4.74 Å². The highest BCUT2D eigenvalue weighted by Gasteiger charge is 2.18. The monoisotopic (exact) mass is 327 g/mol. The van der Waals surface area contributed by atoms with E-state index in [1.165, 1.54) is 25.7 Å². The Labute approximate surface area is 145 Å². The first-order valence-corrected chi connectivity index (χ1v) is 9.29. The van der Waals surface area contributed by atoms with Crippen LogP contribution in [0.2, 0.25) is 0 Å². The lowest BCUT2D eigenvalue weighted by atomic mass is 10.2. The van der Waals surface area contributed by atoms with Crippen molar-refractivity contribution in [2.45, 2.75) is 64.1 Å². The van der Waals surface area contributed by atoms with Crippen molar-refractivity contribution in [3.8, 4) is 5.75 Å². The van der Waals surface area contributed by atoms with Crippen LogP contribution in [0, 0.1) is 0 Å². The molecule has 2 aliphatic carbocycles. The van der Waals surface area contributed by atoms with E-state index < -0.39 is 0 Å². The van der Waals surface area contributed by atoms with Crippen molar-refractivity contribution in [3.05, 3.63) is 42.0 Å². The van der Waals surface area contributed by atoms with Crippen LogP contribution in [-0.2, 0) is 6.54 Å². The molecule has 0 atom stereocenters. The Kier molecular flexibility index (Phi) is 6.16. The summed E-state index contributed by atoms with van der Waals surface area (Å²) in [6.45, 7) is 3.60. The van der Waals surface area contributed by atoms with Crippen molar-refractivity contribution in [2.24, 2.45) is 4.99 Å². The van der Waals surface area contributed by atoms with E-state index in [0.29, 0.717) is 18.7 Å². The molecule has 1 aromatic carbocycles. The third-order valence-corrected chi connectivity index (χ3v) is 4.67. The van der Waals surface area contributed by atoms with Crippen molar-refractivity contribution in [3.63, 3.8) is 0 Å². The molecule has 0 radical (unpaired) electrons. The van der Waals surface area contributed by atoms with Gasteiger partial charge in [0.2, 0.25) is 0 Å². The quantitative estimate of drug-likeness (QED) is 0.475. The molecule has 0 amide bonds. The second-order valence-electron chi connectivity index (χ2n) is 6.61. The van der Waals surface area contributed by atoms with Crippen molar-refractivity contribution in [2.75, 3.05) is 6.54 Å². The maximum Gasteiger partial charge on any atom is 0.191 e. The van der Waals surface area contributed by atoms with Crippen molar-refractivity contribution in [1.29, 1.82) is 0 Å². The fourth-order valence-electron chi connectivity index (χ4n) is 3.35. The summed E-state index contributed by atoms with van der Waals surface area (Å²) in [7, 11) is 0. The molecule has 0 heterocycles. The molecule has 0 saturated heterocycles. The minimum Gasteiger partial charge on any atom is -0.490 e. The molecule has 2 N–H and O–H groups in total. The minimum absolute atomic E-state index is 0.381. The van der Waals surface area contributed by atoms with Crippen LogP contribution in [0.15, 0.2) is 41.4 Å². The van der Waals surface area contributed by atoms with Gasteiger partial charge in [0.1, 0.15) is 5.75 Å². The second-order valence-corrected chi connectivity index (χ2v) is 6.61. The molecule has 130 valence electrons. The summed E-state index contributed by atoms with van der Waals surface area (Å²) < 4.78 is 6.21. The summed E-state index contributed by atoms with van der Waals surface area (Å²) in [6.07, 6.45) is 11.9. The largest absolute Gasteiger partial charge is 0.490 e. The Morgan fingerprint density at radius 3 is 2.67 bits per heavy atom. The van der Waals surface area contributed by atoms with Gasteiger partial charge in [0, 0.05) is 18.2 Å². The molecule has 1 aromatic rings. The number of hydrogen-bond acceptors (Lipinski definition) is 2. The standard InChI is InChI=1S/C20H29N3O/c1-2-21-20(23-17-10-4-5-11-17)22-15-16-9-3-8-14-19(16)24-18-12-6-7-13-18/h3-5,8-9,14,17-18H,2,6-7,10-13,15H2,1H3,(H2,21,22,23). The molecule has 4 heteroatoms. The summed E-state index contributed by atoms with van der Waals surface area (Å²) in [5, 5.41) is 6.86. The van der Waals surface area contributed by atoms with Gasteiger partial charge in [-0.15, -0.1) is 0 Å². The molecule has 2 aliphatic rings. The number of benzene rings is 1. The minimum atomic E-state index is 0.381. The molecule has 0 aliphatic heterocycles. The molecule has 0 spiro atoms. The normalized spacial score (nSPS) is 19.0. The molecule has 4 nitrogen and oxygen atoms in total. The number of hydrogen-bond donors (Lipinski definition) is 2. The summed E-state index contributed by atoms with van der Waals surface area (Å²) in [5.74, 6) is 1.88. The topological polar surface area (TPSA) is 45.7 Å². The average Bonchev–Trinajstić information content (AvgIpc) is 3.28. The van der Waals surface area contributed by atoms with Gasteiger partial charge in [0.25, 0.3) is 0 Å². The molecular weight excluding hydrogens is 298 g/mol. The molecule has 1 saturated carbocycles. The number of ether oxygens (including phenoxy) is 1. The predicted molar refractivity (Wildman–Crippen MR) is 99.4 cm³/mol. The van der Waals surface area contributed by atoms with Gasteiger partial charge in [-0.25, -0.2) is 4.99 Å². The first-order chi connectivity index (χ1) is 11.8. The lowest BCUT2D eigenvalue weighted by Crippen LogP contribution is -2.42. The predicted octanol–water partition coefficient (Wildman–Crippen LogP) is 3.78. The maximum atomic E-state index is 6.21. The van der Waals surface area contributed by atoms with Crippen LogP contribution in [0.3, 0.4) is 0 Å². The summed E-state index contributed by atoms with van der Waals surface area (Å²) in [6, 6.07) is 8.77. The van der Waals surface area contributed by atoms with Gasteiger partial charge in [-0.05, 0) is 51.5 Å². The Balaban J connectivity index is 1.64. The lowest BCUT2D eigenvalue weighted by Gasteiger charge is -2.18.